The Bertz CT molecular complexity index is 538. The fourth-order valence-electron chi connectivity index (χ4n) is 2.64. The second kappa shape index (κ2) is 5.14. The fraction of sp³-hybridized carbons (Fsp3) is 0.400. The number of hydrogen-bond acceptors (Lipinski definition) is 2. The Morgan fingerprint density at radius 1 is 1.17 bits per heavy atom. The maximum atomic E-state index is 4.89. The lowest BCUT2D eigenvalue weighted by atomic mass is 10.1. The summed E-state index contributed by atoms with van der Waals surface area (Å²) < 4.78 is 1.12. The molecule has 1 aliphatic rings. The minimum absolute atomic E-state index is 0.720. The number of halogens is 1. The SMILES string of the molecule is Cc1sc(C2CCCC2)nc1-c1ccc(Br)cc1. The number of nitrogens with zero attached hydrogens (tertiary/aromatic N) is 1. The van der Waals surface area contributed by atoms with Gasteiger partial charge in [0.25, 0.3) is 0 Å². The topological polar surface area (TPSA) is 12.9 Å². The van der Waals surface area contributed by atoms with Gasteiger partial charge in [0.1, 0.15) is 0 Å². The third-order valence-electron chi connectivity index (χ3n) is 3.64. The van der Waals surface area contributed by atoms with E-state index in [9.17, 15) is 0 Å². The Kier molecular flexibility index (Phi) is 3.53. The molecular formula is C15H16BrNS. The Morgan fingerprint density at radius 2 is 1.83 bits per heavy atom. The van der Waals surface area contributed by atoms with Gasteiger partial charge in [-0.3, -0.25) is 0 Å². The molecule has 94 valence electrons. The van der Waals surface area contributed by atoms with Crippen molar-refractivity contribution >= 4 is 27.3 Å². The Labute approximate surface area is 120 Å². The van der Waals surface area contributed by atoms with Gasteiger partial charge in [-0.05, 0) is 31.9 Å². The molecule has 0 saturated heterocycles. The molecule has 1 aromatic carbocycles. The van der Waals surface area contributed by atoms with E-state index in [0.29, 0.717) is 0 Å². The minimum atomic E-state index is 0.720. The van der Waals surface area contributed by atoms with E-state index < -0.39 is 0 Å². The first-order valence-electron chi connectivity index (χ1n) is 6.47. The number of thiazole rings is 1. The van der Waals surface area contributed by atoms with Crippen LogP contribution in [0.5, 0.6) is 0 Å². The van der Waals surface area contributed by atoms with Gasteiger partial charge in [-0.15, -0.1) is 11.3 Å². The van der Waals surface area contributed by atoms with E-state index in [1.54, 1.807) is 0 Å². The molecular weight excluding hydrogens is 306 g/mol. The summed E-state index contributed by atoms with van der Waals surface area (Å²) in [5, 5.41) is 1.35. The standard InChI is InChI=1S/C15H16BrNS/c1-10-14(11-6-8-13(16)9-7-11)17-15(18-10)12-4-2-3-5-12/h6-9,12H,2-5H2,1H3. The van der Waals surface area contributed by atoms with Crippen molar-refractivity contribution in [2.75, 3.05) is 0 Å². The molecule has 0 spiro atoms. The minimum Gasteiger partial charge on any atom is -0.241 e. The molecule has 1 nitrogen and oxygen atoms in total. The van der Waals surface area contributed by atoms with Gasteiger partial charge in [0.15, 0.2) is 0 Å². The Hall–Kier alpha value is -0.670. The number of benzene rings is 1. The van der Waals surface area contributed by atoms with Crippen LogP contribution < -0.4 is 0 Å². The monoisotopic (exact) mass is 321 g/mol. The van der Waals surface area contributed by atoms with Crippen molar-refractivity contribution in [1.82, 2.24) is 4.98 Å². The lowest BCUT2D eigenvalue weighted by Gasteiger charge is -2.02. The van der Waals surface area contributed by atoms with Crippen molar-refractivity contribution in [2.24, 2.45) is 0 Å². The molecule has 1 aliphatic carbocycles. The first-order chi connectivity index (χ1) is 8.74. The van der Waals surface area contributed by atoms with E-state index in [2.05, 4.69) is 47.1 Å². The second-order valence-electron chi connectivity index (χ2n) is 4.95. The zero-order chi connectivity index (χ0) is 12.5. The number of rotatable bonds is 2. The third-order valence-corrected chi connectivity index (χ3v) is 5.30. The van der Waals surface area contributed by atoms with Gasteiger partial charge < -0.3 is 0 Å². The van der Waals surface area contributed by atoms with E-state index in [1.165, 1.54) is 46.8 Å². The zero-order valence-electron chi connectivity index (χ0n) is 10.4. The molecule has 0 aliphatic heterocycles. The number of aryl methyl sites for hydroxylation is 1. The maximum Gasteiger partial charge on any atom is 0.0966 e. The first kappa shape index (κ1) is 12.4. The Morgan fingerprint density at radius 3 is 2.50 bits per heavy atom. The molecule has 0 atom stereocenters. The predicted octanol–water partition coefficient (Wildman–Crippen LogP) is 5.54. The summed E-state index contributed by atoms with van der Waals surface area (Å²) in [6.07, 6.45) is 5.40. The van der Waals surface area contributed by atoms with Crippen LogP contribution in [-0.4, -0.2) is 4.98 Å². The second-order valence-corrected chi connectivity index (χ2v) is 7.10. The average molecular weight is 322 g/mol. The van der Waals surface area contributed by atoms with Crippen molar-refractivity contribution in [2.45, 2.75) is 38.5 Å². The molecule has 0 unspecified atom stereocenters. The summed E-state index contributed by atoms with van der Waals surface area (Å²) in [6, 6.07) is 8.46. The molecule has 1 heterocycles. The lowest BCUT2D eigenvalue weighted by Crippen LogP contribution is -1.90. The smallest absolute Gasteiger partial charge is 0.0966 e. The molecule has 3 heteroatoms. The Balaban J connectivity index is 1.94. The van der Waals surface area contributed by atoms with Gasteiger partial charge in [-0.25, -0.2) is 4.98 Å². The van der Waals surface area contributed by atoms with E-state index >= 15 is 0 Å². The zero-order valence-corrected chi connectivity index (χ0v) is 12.9. The van der Waals surface area contributed by atoms with Gasteiger partial charge in [-0.2, -0.15) is 0 Å². The number of hydrogen-bond donors (Lipinski definition) is 0. The van der Waals surface area contributed by atoms with Crippen molar-refractivity contribution in [1.29, 1.82) is 0 Å². The van der Waals surface area contributed by atoms with Gasteiger partial charge >= 0.3 is 0 Å². The highest BCUT2D eigenvalue weighted by Gasteiger charge is 2.21. The van der Waals surface area contributed by atoms with Crippen molar-refractivity contribution < 1.29 is 0 Å². The summed E-state index contributed by atoms with van der Waals surface area (Å²) in [7, 11) is 0. The molecule has 0 bridgehead atoms. The molecule has 18 heavy (non-hydrogen) atoms. The molecule has 0 amide bonds. The van der Waals surface area contributed by atoms with Crippen LogP contribution in [0, 0.1) is 6.92 Å². The van der Waals surface area contributed by atoms with Crippen molar-refractivity contribution in [3.63, 3.8) is 0 Å². The largest absolute Gasteiger partial charge is 0.241 e. The first-order valence-corrected chi connectivity index (χ1v) is 8.08. The maximum absolute atomic E-state index is 4.89. The van der Waals surface area contributed by atoms with Crippen molar-refractivity contribution in [3.05, 3.63) is 38.6 Å². The van der Waals surface area contributed by atoms with Crippen LogP contribution in [0.1, 0.15) is 41.5 Å². The van der Waals surface area contributed by atoms with Crippen LogP contribution in [0.15, 0.2) is 28.7 Å². The number of aromatic nitrogens is 1. The van der Waals surface area contributed by atoms with Gasteiger partial charge in [-0.1, -0.05) is 40.9 Å². The molecule has 0 radical (unpaired) electrons. The quantitative estimate of drug-likeness (QED) is 0.707. The van der Waals surface area contributed by atoms with E-state index in [0.717, 1.165) is 10.4 Å². The van der Waals surface area contributed by atoms with Crippen molar-refractivity contribution in [3.8, 4) is 11.3 Å². The van der Waals surface area contributed by atoms with Crippen LogP contribution in [0.2, 0.25) is 0 Å². The molecule has 1 saturated carbocycles. The lowest BCUT2D eigenvalue weighted by molar-refractivity contribution is 0.717. The highest BCUT2D eigenvalue weighted by atomic mass is 79.9. The summed E-state index contributed by atoms with van der Waals surface area (Å²) in [5.41, 5.74) is 2.41. The van der Waals surface area contributed by atoms with E-state index in [-0.39, 0.29) is 0 Å². The highest BCUT2D eigenvalue weighted by Crippen LogP contribution is 2.39. The summed E-state index contributed by atoms with van der Waals surface area (Å²) >= 11 is 5.37. The summed E-state index contributed by atoms with van der Waals surface area (Å²) in [6.45, 7) is 2.19. The van der Waals surface area contributed by atoms with Gasteiger partial charge in [0.05, 0.1) is 10.7 Å². The molecule has 1 aromatic heterocycles. The van der Waals surface area contributed by atoms with E-state index in [1.807, 2.05) is 11.3 Å². The van der Waals surface area contributed by atoms with Crippen LogP contribution >= 0.6 is 27.3 Å². The fourth-order valence-corrected chi connectivity index (χ4v) is 4.02. The summed E-state index contributed by atoms with van der Waals surface area (Å²) in [4.78, 5) is 6.24. The van der Waals surface area contributed by atoms with E-state index in [4.69, 9.17) is 4.98 Å². The average Bonchev–Trinajstić information content (AvgIpc) is 2.99. The molecule has 1 fully saturated rings. The molecule has 0 N–H and O–H groups in total. The predicted molar refractivity (Wildman–Crippen MR) is 81.2 cm³/mol. The van der Waals surface area contributed by atoms with Gasteiger partial charge in [0, 0.05) is 20.8 Å². The molecule has 2 aromatic rings. The van der Waals surface area contributed by atoms with Crippen LogP contribution in [0.3, 0.4) is 0 Å². The van der Waals surface area contributed by atoms with Crippen LogP contribution in [0.4, 0.5) is 0 Å². The van der Waals surface area contributed by atoms with Gasteiger partial charge in [0.2, 0.25) is 0 Å². The normalized spacial score (nSPS) is 16.3. The van der Waals surface area contributed by atoms with Crippen LogP contribution in [0.25, 0.3) is 11.3 Å². The third kappa shape index (κ3) is 2.39. The van der Waals surface area contributed by atoms with Crippen LogP contribution in [-0.2, 0) is 0 Å². The summed E-state index contributed by atoms with van der Waals surface area (Å²) in [5.74, 6) is 0.720. The highest BCUT2D eigenvalue weighted by molar-refractivity contribution is 9.10. The molecule has 3 rings (SSSR count).